The van der Waals surface area contributed by atoms with Crippen LogP contribution in [0.15, 0.2) is 42.7 Å². The van der Waals surface area contributed by atoms with Crippen molar-refractivity contribution in [3.05, 3.63) is 53.9 Å². The number of nitrogens with zero attached hydrogens (tertiary/aromatic N) is 2. The Morgan fingerprint density at radius 2 is 2.11 bits per heavy atom. The van der Waals surface area contributed by atoms with E-state index in [1.54, 1.807) is 4.68 Å². The average Bonchev–Trinajstić information content (AvgIpc) is 2.88. The highest BCUT2D eigenvalue weighted by Crippen LogP contribution is 2.13. The van der Waals surface area contributed by atoms with E-state index in [0.717, 1.165) is 18.7 Å². The summed E-state index contributed by atoms with van der Waals surface area (Å²) < 4.78 is 1.76. The molecule has 1 heterocycles. The molecule has 0 bridgehead atoms. The van der Waals surface area contributed by atoms with E-state index < -0.39 is 0 Å². The molecule has 1 aromatic carbocycles. The topological polar surface area (TPSA) is 50.1 Å². The molecule has 0 spiro atoms. The maximum Gasteiger partial charge on any atom is 0.0640 e. The first-order valence-corrected chi connectivity index (χ1v) is 6.67. The van der Waals surface area contributed by atoms with Gasteiger partial charge in [-0.05, 0) is 11.5 Å². The Bertz CT molecular complexity index is 481. The van der Waals surface area contributed by atoms with E-state index >= 15 is 0 Å². The van der Waals surface area contributed by atoms with Crippen LogP contribution in [0.25, 0.3) is 0 Å². The lowest BCUT2D eigenvalue weighted by atomic mass is 10.0. The second-order valence-electron chi connectivity index (χ2n) is 4.78. The lowest BCUT2D eigenvalue weighted by molar-refractivity contribution is 0.269. The second-order valence-corrected chi connectivity index (χ2v) is 4.78. The first kappa shape index (κ1) is 13.8. The molecule has 0 aliphatic heterocycles. The molecular formula is C15H21N3O. The summed E-state index contributed by atoms with van der Waals surface area (Å²) in [6.45, 7) is 4.65. The van der Waals surface area contributed by atoms with Crippen LogP contribution < -0.4 is 5.32 Å². The van der Waals surface area contributed by atoms with Gasteiger partial charge in [0.1, 0.15) is 0 Å². The Labute approximate surface area is 114 Å². The van der Waals surface area contributed by atoms with Crippen molar-refractivity contribution in [1.29, 1.82) is 0 Å². The molecule has 1 unspecified atom stereocenters. The average molecular weight is 259 g/mol. The monoisotopic (exact) mass is 259 g/mol. The SMILES string of the molecule is CC(CNCc1cnn(CCO)c1)c1ccccc1. The van der Waals surface area contributed by atoms with Crippen LogP contribution >= 0.6 is 0 Å². The van der Waals surface area contributed by atoms with E-state index in [1.807, 2.05) is 18.5 Å². The Balaban J connectivity index is 1.76. The molecule has 4 nitrogen and oxygen atoms in total. The maximum absolute atomic E-state index is 8.83. The molecule has 2 aromatic rings. The number of nitrogens with one attached hydrogen (secondary N) is 1. The highest BCUT2D eigenvalue weighted by Gasteiger charge is 2.04. The summed E-state index contributed by atoms with van der Waals surface area (Å²) in [7, 11) is 0. The van der Waals surface area contributed by atoms with Gasteiger partial charge in [0.25, 0.3) is 0 Å². The molecule has 4 heteroatoms. The molecular weight excluding hydrogens is 238 g/mol. The summed E-state index contributed by atoms with van der Waals surface area (Å²) in [6, 6.07) is 10.5. The Hall–Kier alpha value is -1.65. The Morgan fingerprint density at radius 1 is 1.32 bits per heavy atom. The predicted octanol–water partition coefficient (Wildman–Crippen LogP) is 1.77. The van der Waals surface area contributed by atoms with Crippen LogP contribution in [0.5, 0.6) is 0 Å². The van der Waals surface area contributed by atoms with Crippen molar-refractivity contribution in [3.8, 4) is 0 Å². The van der Waals surface area contributed by atoms with Gasteiger partial charge in [0.05, 0.1) is 19.3 Å². The largest absolute Gasteiger partial charge is 0.394 e. The number of aromatic nitrogens is 2. The molecule has 2 N–H and O–H groups in total. The van der Waals surface area contributed by atoms with Crippen molar-refractivity contribution in [1.82, 2.24) is 15.1 Å². The lowest BCUT2D eigenvalue weighted by Crippen LogP contribution is -2.19. The fraction of sp³-hybridized carbons (Fsp3) is 0.400. The first-order valence-electron chi connectivity index (χ1n) is 6.67. The zero-order chi connectivity index (χ0) is 13.5. The molecule has 0 amide bonds. The quantitative estimate of drug-likeness (QED) is 0.796. The van der Waals surface area contributed by atoms with Gasteiger partial charge >= 0.3 is 0 Å². The summed E-state index contributed by atoms with van der Waals surface area (Å²) in [4.78, 5) is 0. The van der Waals surface area contributed by atoms with Crippen molar-refractivity contribution in [3.63, 3.8) is 0 Å². The summed E-state index contributed by atoms with van der Waals surface area (Å²) in [5, 5.41) is 16.4. The molecule has 2 rings (SSSR count). The summed E-state index contributed by atoms with van der Waals surface area (Å²) in [5.74, 6) is 0.494. The Kier molecular flexibility index (Phi) is 5.12. The molecule has 102 valence electrons. The van der Waals surface area contributed by atoms with E-state index in [0.29, 0.717) is 12.5 Å². The minimum absolute atomic E-state index is 0.125. The summed E-state index contributed by atoms with van der Waals surface area (Å²) >= 11 is 0. The van der Waals surface area contributed by atoms with Crippen molar-refractivity contribution < 1.29 is 5.11 Å². The van der Waals surface area contributed by atoms with Crippen LogP contribution in [0.2, 0.25) is 0 Å². The second kappa shape index (κ2) is 7.07. The third-order valence-electron chi connectivity index (χ3n) is 3.16. The van der Waals surface area contributed by atoms with Crippen molar-refractivity contribution in [2.75, 3.05) is 13.2 Å². The molecule has 0 fully saturated rings. The number of aliphatic hydroxyl groups is 1. The van der Waals surface area contributed by atoms with E-state index in [9.17, 15) is 0 Å². The molecule has 0 aliphatic carbocycles. The number of benzene rings is 1. The fourth-order valence-corrected chi connectivity index (χ4v) is 2.05. The van der Waals surface area contributed by atoms with Gasteiger partial charge < -0.3 is 10.4 Å². The molecule has 0 saturated carbocycles. The van der Waals surface area contributed by atoms with Crippen LogP contribution in [-0.2, 0) is 13.1 Å². The van der Waals surface area contributed by atoms with Crippen LogP contribution in [0.3, 0.4) is 0 Å². The van der Waals surface area contributed by atoms with Gasteiger partial charge in [-0.1, -0.05) is 37.3 Å². The number of rotatable bonds is 7. The Morgan fingerprint density at radius 3 is 2.84 bits per heavy atom. The van der Waals surface area contributed by atoms with Crippen LogP contribution in [0.4, 0.5) is 0 Å². The van der Waals surface area contributed by atoms with Gasteiger partial charge in [0, 0.05) is 24.8 Å². The molecule has 0 saturated heterocycles. The molecule has 0 radical (unpaired) electrons. The number of hydrogen-bond acceptors (Lipinski definition) is 3. The lowest BCUT2D eigenvalue weighted by Gasteiger charge is -2.12. The number of aliphatic hydroxyl groups excluding tert-OH is 1. The summed E-state index contributed by atoms with van der Waals surface area (Å²) in [6.07, 6.45) is 3.81. The maximum atomic E-state index is 8.83. The third-order valence-corrected chi connectivity index (χ3v) is 3.16. The van der Waals surface area contributed by atoms with E-state index in [2.05, 4.69) is 41.6 Å². The molecule has 1 aromatic heterocycles. The van der Waals surface area contributed by atoms with Gasteiger partial charge in [-0.2, -0.15) is 5.10 Å². The van der Waals surface area contributed by atoms with Gasteiger partial charge in [0.2, 0.25) is 0 Å². The zero-order valence-electron chi connectivity index (χ0n) is 11.3. The van der Waals surface area contributed by atoms with Gasteiger partial charge in [-0.15, -0.1) is 0 Å². The smallest absolute Gasteiger partial charge is 0.0640 e. The highest BCUT2D eigenvalue weighted by molar-refractivity contribution is 5.19. The van der Waals surface area contributed by atoms with Crippen molar-refractivity contribution in [2.24, 2.45) is 0 Å². The van der Waals surface area contributed by atoms with Crippen LogP contribution in [-0.4, -0.2) is 28.0 Å². The van der Waals surface area contributed by atoms with Crippen molar-refractivity contribution in [2.45, 2.75) is 25.9 Å². The van der Waals surface area contributed by atoms with Crippen molar-refractivity contribution >= 4 is 0 Å². The third kappa shape index (κ3) is 4.19. The predicted molar refractivity (Wildman–Crippen MR) is 75.9 cm³/mol. The standard InChI is InChI=1S/C15H21N3O/c1-13(15-5-3-2-4-6-15)9-16-10-14-11-17-18(12-14)7-8-19/h2-6,11-13,16,19H,7-10H2,1H3. The van der Waals surface area contributed by atoms with Gasteiger partial charge in [-0.25, -0.2) is 0 Å². The minimum atomic E-state index is 0.125. The van der Waals surface area contributed by atoms with Crippen LogP contribution in [0, 0.1) is 0 Å². The van der Waals surface area contributed by atoms with Crippen LogP contribution in [0.1, 0.15) is 24.0 Å². The van der Waals surface area contributed by atoms with E-state index in [1.165, 1.54) is 5.56 Å². The molecule has 19 heavy (non-hydrogen) atoms. The fourth-order valence-electron chi connectivity index (χ4n) is 2.05. The zero-order valence-corrected chi connectivity index (χ0v) is 11.3. The highest BCUT2D eigenvalue weighted by atomic mass is 16.3. The summed E-state index contributed by atoms with van der Waals surface area (Å²) in [5.41, 5.74) is 2.50. The first-order chi connectivity index (χ1) is 9.29. The number of hydrogen-bond donors (Lipinski definition) is 2. The normalized spacial score (nSPS) is 12.5. The van der Waals surface area contributed by atoms with Gasteiger partial charge in [0.15, 0.2) is 0 Å². The molecule has 0 aliphatic rings. The van der Waals surface area contributed by atoms with E-state index in [-0.39, 0.29) is 6.61 Å². The molecule has 1 atom stereocenters. The van der Waals surface area contributed by atoms with Gasteiger partial charge in [-0.3, -0.25) is 4.68 Å². The minimum Gasteiger partial charge on any atom is -0.394 e. The van der Waals surface area contributed by atoms with E-state index in [4.69, 9.17) is 5.11 Å².